The van der Waals surface area contributed by atoms with Crippen molar-refractivity contribution in [1.82, 2.24) is 19.9 Å². The second kappa shape index (κ2) is 5.85. The van der Waals surface area contributed by atoms with E-state index in [0.29, 0.717) is 34.9 Å². The van der Waals surface area contributed by atoms with Crippen molar-refractivity contribution in [3.63, 3.8) is 0 Å². The Morgan fingerprint density at radius 2 is 2.33 bits per heavy atom. The maximum absolute atomic E-state index is 12.4. The van der Waals surface area contributed by atoms with E-state index in [-0.39, 0.29) is 12.1 Å². The van der Waals surface area contributed by atoms with Crippen molar-refractivity contribution in [1.29, 1.82) is 0 Å². The normalized spacial score (nSPS) is 15.0. The van der Waals surface area contributed by atoms with Gasteiger partial charge >= 0.3 is 0 Å². The van der Waals surface area contributed by atoms with Crippen molar-refractivity contribution < 1.29 is 4.52 Å². The van der Waals surface area contributed by atoms with Gasteiger partial charge in [0.1, 0.15) is 5.69 Å². The molecule has 0 saturated heterocycles. The van der Waals surface area contributed by atoms with Gasteiger partial charge < -0.3 is 9.84 Å². The Hall–Kier alpha value is -1.89. The molecule has 2 heterocycles. The molecule has 3 rings (SSSR count). The molecule has 0 aromatic carbocycles. The molecule has 1 aliphatic carbocycles. The van der Waals surface area contributed by atoms with Gasteiger partial charge in [0, 0.05) is 13.5 Å². The standard InChI is InChI=1S/C13H16ClN5O2/c1-8-17-11(18-21-8)6-15-12-10(14)5-16-19(13(12)20)7-9-3-2-4-9/h5,9,15H,2-4,6-7H2,1H3. The van der Waals surface area contributed by atoms with Crippen molar-refractivity contribution >= 4 is 17.3 Å². The van der Waals surface area contributed by atoms with Crippen LogP contribution in [0.1, 0.15) is 31.0 Å². The Labute approximate surface area is 126 Å². The molecule has 1 aliphatic rings. The predicted octanol–water partition coefficient (Wildman–Crippen LogP) is 2.00. The Kier molecular flexibility index (Phi) is 3.92. The number of anilines is 1. The maximum Gasteiger partial charge on any atom is 0.291 e. The van der Waals surface area contributed by atoms with E-state index in [0.717, 1.165) is 12.8 Å². The molecule has 112 valence electrons. The van der Waals surface area contributed by atoms with E-state index in [1.807, 2.05) is 0 Å². The summed E-state index contributed by atoms with van der Waals surface area (Å²) in [7, 11) is 0. The second-order valence-electron chi connectivity index (χ2n) is 5.23. The number of nitrogens with zero attached hydrogens (tertiary/aromatic N) is 4. The Balaban J connectivity index is 1.76. The van der Waals surface area contributed by atoms with Gasteiger partial charge in [0.05, 0.1) is 17.8 Å². The first-order valence-electron chi connectivity index (χ1n) is 6.92. The van der Waals surface area contributed by atoms with Gasteiger partial charge in [-0.1, -0.05) is 23.2 Å². The summed E-state index contributed by atoms with van der Waals surface area (Å²) in [4.78, 5) is 16.5. The highest BCUT2D eigenvalue weighted by molar-refractivity contribution is 6.32. The third-order valence-corrected chi connectivity index (χ3v) is 3.93. The van der Waals surface area contributed by atoms with Crippen molar-refractivity contribution in [3.8, 4) is 0 Å². The predicted molar refractivity (Wildman–Crippen MR) is 77.2 cm³/mol. The lowest BCUT2D eigenvalue weighted by atomic mass is 9.85. The fraction of sp³-hybridized carbons (Fsp3) is 0.538. The number of hydrogen-bond acceptors (Lipinski definition) is 6. The highest BCUT2D eigenvalue weighted by atomic mass is 35.5. The number of rotatable bonds is 5. The first kappa shape index (κ1) is 14.1. The molecular weight excluding hydrogens is 294 g/mol. The first-order valence-corrected chi connectivity index (χ1v) is 7.30. The smallest absolute Gasteiger partial charge is 0.291 e. The zero-order valence-corrected chi connectivity index (χ0v) is 12.4. The molecule has 7 nitrogen and oxygen atoms in total. The molecule has 0 amide bonds. The van der Waals surface area contributed by atoms with Gasteiger partial charge in [-0.15, -0.1) is 0 Å². The molecule has 2 aromatic rings. The number of hydrogen-bond donors (Lipinski definition) is 1. The molecule has 8 heteroatoms. The second-order valence-corrected chi connectivity index (χ2v) is 5.64. The molecule has 0 unspecified atom stereocenters. The molecule has 0 aliphatic heterocycles. The lowest BCUT2D eigenvalue weighted by Gasteiger charge is -2.25. The molecule has 0 atom stereocenters. The topological polar surface area (TPSA) is 85.8 Å². The van der Waals surface area contributed by atoms with E-state index in [1.165, 1.54) is 17.3 Å². The zero-order chi connectivity index (χ0) is 14.8. The Morgan fingerprint density at radius 3 is 2.95 bits per heavy atom. The lowest BCUT2D eigenvalue weighted by Crippen LogP contribution is -2.30. The van der Waals surface area contributed by atoms with Crippen LogP contribution in [0.4, 0.5) is 5.69 Å². The summed E-state index contributed by atoms with van der Waals surface area (Å²) in [6.45, 7) is 2.63. The van der Waals surface area contributed by atoms with Gasteiger partial charge in [0.25, 0.3) is 5.56 Å². The van der Waals surface area contributed by atoms with Crippen LogP contribution in [0.25, 0.3) is 0 Å². The minimum absolute atomic E-state index is 0.213. The third-order valence-electron chi connectivity index (χ3n) is 3.65. The molecule has 0 spiro atoms. The molecule has 2 aromatic heterocycles. The van der Waals surface area contributed by atoms with Gasteiger partial charge in [0.2, 0.25) is 5.89 Å². The Bertz CT molecular complexity index is 692. The highest BCUT2D eigenvalue weighted by Gasteiger charge is 2.20. The SMILES string of the molecule is Cc1nc(CNc2c(Cl)cnn(CC3CCC3)c2=O)no1. The molecule has 1 fully saturated rings. The van der Waals surface area contributed by atoms with Gasteiger partial charge in [-0.2, -0.15) is 10.1 Å². The number of aryl methyl sites for hydroxylation is 1. The summed E-state index contributed by atoms with van der Waals surface area (Å²) in [5.74, 6) is 1.50. The van der Waals surface area contributed by atoms with Gasteiger partial charge in [-0.25, -0.2) is 4.68 Å². The van der Waals surface area contributed by atoms with E-state index in [9.17, 15) is 4.79 Å². The van der Waals surface area contributed by atoms with E-state index in [2.05, 4.69) is 20.6 Å². The summed E-state index contributed by atoms with van der Waals surface area (Å²) in [6, 6.07) is 0. The van der Waals surface area contributed by atoms with Gasteiger partial charge in [0.15, 0.2) is 5.82 Å². The van der Waals surface area contributed by atoms with Crippen LogP contribution in [0.2, 0.25) is 5.02 Å². The van der Waals surface area contributed by atoms with Crippen LogP contribution in [0.5, 0.6) is 0 Å². The van der Waals surface area contributed by atoms with E-state index in [1.54, 1.807) is 6.92 Å². The molecule has 1 N–H and O–H groups in total. The Morgan fingerprint density at radius 1 is 1.52 bits per heavy atom. The summed E-state index contributed by atoms with van der Waals surface area (Å²) in [5, 5.41) is 11.1. The van der Waals surface area contributed by atoms with Crippen molar-refractivity contribution in [2.75, 3.05) is 5.32 Å². The third kappa shape index (κ3) is 3.07. The molecule has 1 saturated carbocycles. The summed E-state index contributed by atoms with van der Waals surface area (Å²) >= 11 is 6.05. The minimum Gasteiger partial charge on any atom is -0.372 e. The van der Waals surface area contributed by atoms with Crippen LogP contribution in [0.3, 0.4) is 0 Å². The number of aromatic nitrogens is 4. The van der Waals surface area contributed by atoms with E-state index < -0.39 is 0 Å². The van der Waals surface area contributed by atoms with Crippen LogP contribution in [0.15, 0.2) is 15.5 Å². The first-order chi connectivity index (χ1) is 10.1. The fourth-order valence-electron chi connectivity index (χ4n) is 2.26. The lowest BCUT2D eigenvalue weighted by molar-refractivity contribution is 0.262. The monoisotopic (exact) mass is 309 g/mol. The van der Waals surface area contributed by atoms with Crippen molar-refractivity contribution in [3.05, 3.63) is 33.3 Å². The quantitative estimate of drug-likeness (QED) is 0.909. The molecular formula is C13H16ClN5O2. The highest BCUT2D eigenvalue weighted by Crippen LogP contribution is 2.27. The van der Waals surface area contributed by atoms with E-state index in [4.69, 9.17) is 16.1 Å². The van der Waals surface area contributed by atoms with Gasteiger partial charge in [-0.3, -0.25) is 4.79 Å². The van der Waals surface area contributed by atoms with Crippen LogP contribution in [0, 0.1) is 12.8 Å². The van der Waals surface area contributed by atoms with Gasteiger partial charge in [-0.05, 0) is 18.8 Å². The van der Waals surface area contributed by atoms with Crippen molar-refractivity contribution in [2.45, 2.75) is 39.3 Å². The number of halogens is 1. The maximum atomic E-state index is 12.4. The summed E-state index contributed by atoms with van der Waals surface area (Å²) in [6.07, 6.45) is 5.03. The average molecular weight is 310 g/mol. The van der Waals surface area contributed by atoms with Crippen LogP contribution >= 0.6 is 11.6 Å². The number of nitrogens with one attached hydrogen (secondary N) is 1. The van der Waals surface area contributed by atoms with Crippen molar-refractivity contribution in [2.24, 2.45) is 5.92 Å². The molecule has 21 heavy (non-hydrogen) atoms. The molecule has 0 bridgehead atoms. The van der Waals surface area contributed by atoms with E-state index >= 15 is 0 Å². The van der Waals surface area contributed by atoms with Crippen LogP contribution in [-0.2, 0) is 13.1 Å². The fourth-order valence-corrected chi connectivity index (χ4v) is 2.45. The summed E-state index contributed by atoms with van der Waals surface area (Å²) < 4.78 is 6.35. The van der Waals surface area contributed by atoms with Crippen LogP contribution < -0.4 is 10.9 Å². The van der Waals surface area contributed by atoms with Crippen LogP contribution in [-0.4, -0.2) is 19.9 Å². The average Bonchev–Trinajstić information content (AvgIpc) is 2.81. The minimum atomic E-state index is -0.213. The zero-order valence-electron chi connectivity index (χ0n) is 11.7. The largest absolute Gasteiger partial charge is 0.372 e. The summed E-state index contributed by atoms with van der Waals surface area (Å²) in [5.41, 5.74) is 0.114. The molecule has 0 radical (unpaired) electrons.